The molecule has 0 fully saturated rings. The second-order valence-electron chi connectivity index (χ2n) is 3.91. The zero-order valence-electron chi connectivity index (χ0n) is 9.70. The lowest BCUT2D eigenvalue weighted by Crippen LogP contribution is -2.41. The van der Waals surface area contributed by atoms with Crippen molar-refractivity contribution in [3.05, 3.63) is 24.3 Å². The molecule has 1 aromatic rings. The fourth-order valence-electron chi connectivity index (χ4n) is 1.74. The van der Waals surface area contributed by atoms with Gasteiger partial charge in [0.2, 0.25) is 0 Å². The van der Waals surface area contributed by atoms with E-state index in [1.165, 1.54) is 0 Å². The van der Waals surface area contributed by atoms with Gasteiger partial charge in [-0.3, -0.25) is 4.99 Å². The molecule has 6 heteroatoms. The number of para-hydroxylation sites is 2. The SMILES string of the molecule is N/C(=N\C1=NCCS1)C1COc2ccccc2O1. The highest BCUT2D eigenvalue weighted by Crippen LogP contribution is 2.30. The second-order valence-corrected chi connectivity index (χ2v) is 4.98. The second kappa shape index (κ2) is 4.89. The molecule has 0 amide bonds. The topological polar surface area (TPSA) is 69.2 Å². The molecule has 0 saturated heterocycles. The van der Waals surface area contributed by atoms with Crippen molar-refractivity contribution in [1.82, 2.24) is 0 Å². The molecular weight excluding hydrogens is 250 g/mol. The summed E-state index contributed by atoms with van der Waals surface area (Å²) in [7, 11) is 0. The van der Waals surface area contributed by atoms with Crippen LogP contribution in [0.25, 0.3) is 0 Å². The summed E-state index contributed by atoms with van der Waals surface area (Å²) in [5, 5.41) is 0.731. The van der Waals surface area contributed by atoms with Gasteiger partial charge in [0.15, 0.2) is 22.8 Å². The first kappa shape index (κ1) is 11.4. The number of ether oxygens (including phenoxy) is 2. The maximum atomic E-state index is 5.94. The minimum absolute atomic E-state index is 0.344. The van der Waals surface area contributed by atoms with Crippen LogP contribution in [0.3, 0.4) is 0 Å². The van der Waals surface area contributed by atoms with Crippen molar-refractivity contribution in [3.8, 4) is 11.5 Å². The van der Waals surface area contributed by atoms with E-state index in [1.54, 1.807) is 11.8 Å². The lowest BCUT2D eigenvalue weighted by Gasteiger charge is -2.25. The Bertz CT molecular complexity index is 516. The summed E-state index contributed by atoms with van der Waals surface area (Å²) >= 11 is 1.61. The molecule has 0 spiro atoms. The normalized spacial score (nSPS) is 22.8. The minimum atomic E-state index is -0.344. The molecular formula is C12H13N3O2S. The standard InChI is InChI=1S/C12H13N3O2S/c13-11(15-12-14-5-6-18-12)10-7-16-8-3-1-2-4-9(8)17-10/h1-4,10H,5-7H2,(H2,13,14,15). The molecule has 0 aromatic heterocycles. The number of aliphatic imine (C=N–C) groups is 2. The van der Waals surface area contributed by atoms with Crippen molar-refractivity contribution < 1.29 is 9.47 Å². The van der Waals surface area contributed by atoms with Gasteiger partial charge in [0.05, 0.1) is 6.54 Å². The Kier molecular flexibility index (Phi) is 3.10. The number of amidine groups is 2. The Morgan fingerprint density at radius 1 is 1.39 bits per heavy atom. The first-order chi connectivity index (χ1) is 8.83. The summed E-state index contributed by atoms with van der Waals surface area (Å²) in [6.45, 7) is 1.19. The number of benzene rings is 1. The zero-order valence-corrected chi connectivity index (χ0v) is 10.5. The Labute approximate surface area is 109 Å². The van der Waals surface area contributed by atoms with Crippen LogP contribution in [0, 0.1) is 0 Å². The van der Waals surface area contributed by atoms with Crippen molar-refractivity contribution in [1.29, 1.82) is 0 Å². The van der Waals surface area contributed by atoms with E-state index in [4.69, 9.17) is 15.2 Å². The molecule has 0 aliphatic carbocycles. The summed E-state index contributed by atoms with van der Waals surface area (Å²) in [4.78, 5) is 8.51. The first-order valence-corrected chi connectivity index (χ1v) is 6.71. The van der Waals surface area contributed by atoms with E-state index in [1.807, 2.05) is 24.3 Å². The van der Waals surface area contributed by atoms with E-state index in [0.29, 0.717) is 18.2 Å². The molecule has 0 saturated carbocycles. The third-order valence-corrected chi connectivity index (χ3v) is 3.50. The van der Waals surface area contributed by atoms with Crippen molar-refractivity contribution in [2.24, 2.45) is 15.7 Å². The zero-order chi connectivity index (χ0) is 12.4. The Morgan fingerprint density at radius 2 is 2.22 bits per heavy atom. The minimum Gasteiger partial charge on any atom is -0.485 e. The van der Waals surface area contributed by atoms with Crippen LogP contribution >= 0.6 is 11.8 Å². The number of hydrogen-bond donors (Lipinski definition) is 1. The third kappa shape index (κ3) is 2.28. The van der Waals surface area contributed by atoms with Gasteiger partial charge in [-0.25, -0.2) is 4.99 Å². The number of nitrogens with two attached hydrogens (primary N) is 1. The van der Waals surface area contributed by atoms with Crippen molar-refractivity contribution >= 4 is 22.8 Å². The van der Waals surface area contributed by atoms with Crippen LogP contribution in [0.5, 0.6) is 11.5 Å². The molecule has 1 unspecified atom stereocenters. The van der Waals surface area contributed by atoms with Crippen LogP contribution < -0.4 is 15.2 Å². The molecule has 2 aliphatic heterocycles. The molecule has 0 bridgehead atoms. The van der Waals surface area contributed by atoms with E-state index >= 15 is 0 Å². The van der Waals surface area contributed by atoms with Gasteiger partial charge in [0.1, 0.15) is 12.4 Å². The highest BCUT2D eigenvalue weighted by Gasteiger charge is 2.24. The largest absolute Gasteiger partial charge is 0.485 e. The molecule has 2 N–H and O–H groups in total. The molecule has 2 heterocycles. The van der Waals surface area contributed by atoms with Crippen LogP contribution in [-0.4, -0.2) is 36.0 Å². The smallest absolute Gasteiger partial charge is 0.189 e. The van der Waals surface area contributed by atoms with Crippen molar-refractivity contribution in [2.75, 3.05) is 18.9 Å². The van der Waals surface area contributed by atoms with Crippen LogP contribution in [0.1, 0.15) is 0 Å². The molecule has 94 valence electrons. The summed E-state index contributed by atoms with van der Waals surface area (Å²) in [5.74, 6) is 2.83. The van der Waals surface area contributed by atoms with E-state index in [0.717, 1.165) is 23.2 Å². The van der Waals surface area contributed by atoms with Gasteiger partial charge in [-0.2, -0.15) is 0 Å². The van der Waals surface area contributed by atoms with Crippen molar-refractivity contribution in [2.45, 2.75) is 6.10 Å². The molecule has 2 aliphatic rings. The highest BCUT2D eigenvalue weighted by molar-refractivity contribution is 8.14. The number of fused-ring (bicyclic) bond motifs is 1. The maximum Gasteiger partial charge on any atom is 0.189 e. The fraction of sp³-hybridized carbons (Fsp3) is 0.333. The van der Waals surface area contributed by atoms with E-state index in [2.05, 4.69) is 9.98 Å². The lowest BCUT2D eigenvalue weighted by molar-refractivity contribution is 0.134. The summed E-state index contributed by atoms with van der Waals surface area (Å²) in [6.07, 6.45) is -0.344. The summed E-state index contributed by atoms with van der Waals surface area (Å²) in [5.41, 5.74) is 5.94. The molecule has 0 radical (unpaired) electrons. The van der Waals surface area contributed by atoms with Crippen molar-refractivity contribution in [3.63, 3.8) is 0 Å². The fourth-order valence-corrected chi connectivity index (χ4v) is 2.46. The van der Waals surface area contributed by atoms with Gasteiger partial charge in [0, 0.05) is 5.75 Å². The number of thioether (sulfide) groups is 1. The molecule has 1 atom stereocenters. The van der Waals surface area contributed by atoms with E-state index in [-0.39, 0.29) is 6.10 Å². The predicted octanol–water partition coefficient (Wildman–Crippen LogP) is 1.29. The van der Waals surface area contributed by atoms with Gasteiger partial charge in [-0.15, -0.1) is 0 Å². The van der Waals surface area contributed by atoms with Crippen LogP contribution in [0.4, 0.5) is 0 Å². The monoisotopic (exact) mass is 263 g/mol. The van der Waals surface area contributed by atoms with Gasteiger partial charge < -0.3 is 15.2 Å². The molecule has 1 aromatic carbocycles. The Hall–Kier alpha value is -1.69. The van der Waals surface area contributed by atoms with Gasteiger partial charge in [-0.05, 0) is 12.1 Å². The van der Waals surface area contributed by atoms with E-state index in [9.17, 15) is 0 Å². The summed E-state index contributed by atoms with van der Waals surface area (Å²) in [6, 6.07) is 7.53. The van der Waals surface area contributed by atoms with E-state index < -0.39 is 0 Å². The number of hydrogen-bond acceptors (Lipinski definition) is 5. The maximum absolute atomic E-state index is 5.94. The quantitative estimate of drug-likeness (QED) is 0.612. The van der Waals surface area contributed by atoms with Gasteiger partial charge in [-0.1, -0.05) is 23.9 Å². The average molecular weight is 263 g/mol. The van der Waals surface area contributed by atoms with Crippen LogP contribution in [0.15, 0.2) is 34.3 Å². The molecule has 3 rings (SSSR count). The predicted molar refractivity (Wildman–Crippen MR) is 72.7 cm³/mol. The van der Waals surface area contributed by atoms with Crippen LogP contribution in [0.2, 0.25) is 0 Å². The third-order valence-electron chi connectivity index (χ3n) is 2.63. The molecule has 5 nitrogen and oxygen atoms in total. The first-order valence-electron chi connectivity index (χ1n) is 5.73. The Morgan fingerprint density at radius 3 is 3.00 bits per heavy atom. The molecule has 18 heavy (non-hydrogen) atoms. The highest BCUT2D eigenvalue weighted by atomic mass is 32.2. The van der Waals surface area contributed by atoms with Gasteiger partial charge >= 0.3 is 0 Å². The lowest BCUT2D eigenvalue weighted by atomic mass is 10.2. The van der Waals surface area contributed by atoms with Crippen LogP contribution in [-0.2, 0) is 0 Å². The van der Waals surface area contributed by atoms with Gasteiger partial charge in [0.25, 0.3) is 0 Å². The number of rotatable bonds is 1. The number of nitrogens with zero attached hydrogens (tertiary/aromatic N) is 2. The average Bonchev–Trinajstić information content (AvgIpc) is 2.91. The Balaban J connectivity index is 1.75. The summed E-state index contributed by atoms with van der Waals surface area (Å²) < 4.78 is 11.3.